The Kier molecular flexibility index (Phi) is 6.43. The molecule has 0 aromatic heterocycles. The number of ether oxygens (including phenoxy) is 4. The Morgan fingerprint density at radius 1 is 1.08 bits per heavy atom. The van der Waals surface area contributed by atoms with Crippen molar-refractivity contribution in [2.75, 3.05) is 27.4 Å². The minimum Gasteiger partial charge on any atom is -0.493 e. The van der Waals surface area contributed by atoms with Gasteiger partial charge < -0.3 is 24.3 Å². The zero-order valence-corrected chi connectivity index (χ0v) is 15.0. The molecule has 0 aliphatic heterocycles. The SMILES string of the molecule is C=C(C)C(=O)OCCNC(=O)Oc1cc(OC)c(OC)c2ccccc12. The van der Waals surface area contributed by atoms with Gasteiger partial charge in [-0.25, -0.2) is 9.59 Å². The fourth-order valence-electron chi connectivity index (χ4n) is 2.29. The molecule has 7 nitrogen and oxygen atoms in total. The Balaban J connectivity index is 2.09. The molecule has 2 aromatic carbocycles. The quantitative estimate of drug-likeness (QED) is 0.465. The summed E-state index contributed by atoms with van der Waals surface area (Å²) in [6.07, 6.45) is -0.672. The second kappa shape index (κ2) is 8.75. The van der Waals surface area contributed by atoms with Crippen molar-refractivity contribution in [1.29, 1.82) is 0 Å². The highest BCUT2D eigenvalue weighted by Crippen LogP contribution is 2.41. The van der Waals surface area contributed by atoms with E-state index in [0.29, 0.717) is 28.2 Å². The lowest BCUT2D eigenvalue weighted by molar-refractivity contribution is -0.138. The highest BCUT2D eigenvalue weighted by molar-refractivity contribution is 5.96. The Morgan fingerprint density at radius 3 is 2.38 bits per heavy atom. The van der Waals surface area contributed by atoms with E-state index in [4.69, 9.17) is 18.9 Å². The zero-order valence-electron chi connectivity index (χ0n) is 15.0. The maximum atomic E-state index is 12.0. The van der Waals surface area contributed by atoms with Crippen LogP contribution in [0.3, 0.4) is 0 Å². The van der Waals surface area contributed by atoms with E-state index >= 15 is 0 Å². The third-order valence-electron chi connectivity index (χ3n) is 3.50. The number of benzene rings is 2. The molecule has 7 heteroatoms. The molecule has 1 N–H and O–H groups in total. The van der Waals surface area contributed by atoms with Crippen molar-refractivity contribution < 1.29 is 28.5 Å². The van der Waals surface area contributed by atoms with Crippen LogP contribution in [0.5, 0.6) is 17.2 Å². The van der Waals surface area contributed by atoms with Gasteiger partial charge in [0.1, 0.15) is 12.4 Å². The number of rotatable bonds is 7. The fourth-order valence-corrected chi connectivity index (χ4v) is 2.29. The molecule has 0 spiro atoms. The molecule has 0 fully saturated rings. The predicted molar refractivity (Wildman–Crippen MR) is 96.9 cm³/mol. The van der Waals surface area contributed by atoms with E-state index in [1.807, 2.05) is 24.3 Å². The Morgan fingerprint density at radius 2 is 1.77 bits per heavy atom. The summed E-state index contributed by atoms with van der Waals surface area (Å²) in [4.78, 5) is 23.3. The van der Waals surface area contributed by atoms with Crippen molar-refractivity contribution in [3.63, 3.8) is 0 Å². The fraction of sp³-hybridized carbons (Fsp3) is 0.263. The molecular formula is C19H21NO6. The van der Waals surface area contributed by atoms with Gasteiger partial charge in [0.25, 0.3) is 0 Å². The third kappa shape index (κ3) is 4.44. The van der Waals surface area contributed by atoms with Gasteiger partial charge in [-0.2, -0.15) is 0 Å². The van der Waals surface area contributed by atoms with Crippen molar-refractivity contribution in [2.45, 2.75) is 6.92 Å². The van der Waals surface area contributed by atoms with Crippen LogP contribution in [-0.4, -0.2) is 39.4 Å². The molecule has 2 aromatic rings. The van der Waals surface area contributed by atoms with E-state index in [9.17, 15) is 9.59 Å². The number of fused-ring (bicyclic) bond motifs is 1. The van der Waals surface area contributed by atoms with Gasteiger partial charge in [-0.05, 0) is 6.92 Å². The van der Waals surface area contributed by atoms with Crippen LogP contribution in [0.2, 0.25) is 0 Å². The first-order chi connectivity index (χ1) is 12.5. The number of carbonyl (C=O) groups excluding carboxylic acids is 2. The minimum absolute atomic E-state index is 0.0213. The van der Waals surface area contributed by atoms with Gasteiger partial charge in [0.15, 0.2) is 11.5 Å². The standard InChI is InChI=1S/C19H21NO6/c1-12(2)18(21)25-10-9-20-19(22)26-15-11-16(23-3)17(24-4)14-8-6-5-7-13(14)15/h5-8,11H,1,9-10H2,2-4H3,(H,20,22). The van der Waals surface area contributed by atoms with Crippen LogP contribution in [0.15, 0.2) is 42.5 Å². The maximum absolute atomic E-state index is 12.0. The van der Waals surface area contributed by atoms with Crippen LogP contribution in [0.4, 0.5) is 4.79 Å². The average Bonchev–Trinajstić information content (AvgIpc) is 2.64. The number of carbonyl (C=O) groups is 2. The van der Waals surface area contributed by atoms with Crippen LogP contribution in [0.1, 0.15) is 6.92 Å². The van der Waals surface area contributed by atoms with E-state index in [1.54, 1.807) is 20.1 Å². The Hall–Kier alpha value is -3.22. The van der Waals surface area contributed by atoms with E-state index in [-0.39, 0.29) is 13.2 Å². The maximum Gasteiger partial charge on any atom is 0.412 e. The summed E-state index contributed by atoms with van der Waals surface area (Å²) in [6.45, 7) is 5.16. The molecule has 0 saturated carbocycles. The van der Waals surface area contributed by atoms with Crippen LogP contribution >= 0.6 is 0 Å². The number of esters is 1. The van der Waals surface area contributed by atoms with E-state index < -0.39 is 12.1 Å². The molecule has 2 rings (SSSR count). The molecule has 1 amide bonds. The average molecular weight is 359 g/mol. The van der Waals surface area contributed by atoms with Crippen LogP contribution in [0.25, 0.3) is 10.8 Å². The topological polar surface area (TPSA) is 83.1 Å². The van der Waals surface area contributed by atoms with Gasteiger partial charge in [-0.15, -0.1) is 0 Å². The molecule has 26 heavy (non-hydrogen) atoms. The van der Waals surface area contributed by atoms with Crippen molar-refractivity contribution in [3.8, 4) is 17.2 Å². The molecule has 0 bridgehead atoms. The smallest absolute Gasteiger partial charge is 0.412 e. The van der Waals surface area contributed by atoms with Gasteiger partial charge in [-0.3, -0.25) is 0 Å². The first kappa shape index (κ1) is 19.1. The van der Waals surface area contributed by atoms with Crippen molar-refractivity contribution in [3.05, 3.63) is 42.5 Å². The molecule has 0 aliphatic rings. The minimum atomic E-state index is -0.672. The summed E-state index contributed by atoms with van der Waals surface area (Å²) in [7, 11) is 3.05. The first-order valence-electron chi connectivity index (χ1n) is 7.90. The third-order valence-corrected chi connectivity index (χ3v) is 3.50. The largest absolute Gasteiger partial charge is 0.493 e. The summed E-state index contributed by atoms with van der Waals surface area (Å²) < 4.78 is 21.0. The number of hydrogen-bond donors (Lipinski definition) is 1. The van der Waals surface area contributed by atoms with Gasteiger partial charge >= 0.3 is 12.1 Å². The lowest BCUT2D eigenvalue weighted by Gasteiger charge is -2.15. The Labute approximate surface area is 151 Å². The van der Waals surface area contributed by atoms with Gasteiger partial charge in [0.05, 0.1) is 20.8 Å². The molecule has 0 radical (unpaired) electrons. The van der Waals surface area contributed by atoms with Crippen molar-refractivity contribution in [2.24, 2.45) is 0 Å². The second-order valence-corrected chi connectivity index (χ2v) is 5.39. The zero-order chi connectivity index (χ0) is 19.1. The molecule has 0 saturated heterocycles. The van der Waals surface area contributed by atoms with Crippen LogP contribution < -0.4 is 19.5 Å². The van der Waals surface area contributed by atoms with Crippen molar-refractivity contribution >= 4 is 22.8 Å². The van der Waals surface area contributed by atoms with Gasteiger partial charge in [-0.1, -0.05) is 30.8 Å². The monoisotopic (exact) mass is 359 g/mol. The summed E-state index contributed by atoms with van der Waals surface area (Å²) in [5.74, 6) is 0.827. The van der Waals surface area contributed by atoms with Gasteiger partial charge in [0.2, 0.25) is 0 Å². The normalized spacial score (nSPS) is 10.1. The molecule has 138 valence electrons. The summed E-state index contributed by atoms with van der Waals surface area (Å²) in [6, 6.07) is 8.93. The van der Waals surface area contributed by atoms with E-state index in [2.05, 4.69) is 11.9 Å². The predicted octanol–water partition coefficient (Wildman–Crippen LogP) is 3.06. The highest BCUT2D eigenvalue weighted by Gasteiger charge is 2.16. The molecule has 0 heterocycles. The highest BCUT2D eigenvalue weighted by atomic mass is 16.6. The van der Waals surface area contributed by atoms with E-state index in [0.717, 1.165) is 5.39 Å². The summed E-state index contributed by atoms with van der Waals surface area (Å²) in [5, 5.41) is 3.98. The number of hydrogen-bond acceptors (Lipinski definition) is 6. The Bertz CT molecular complexity index is 830. The summed E-state index contributed by atoms with van der Waals surface area (Å²) >= 11 is 0. The number of methoxy groups -OCH3 is 2. The lowest BCUT2D eigenvalue weighted by atomic mass is 10.1. The molecular weight excluding hydrogens is 338 g/mol. The van der Waals surface area contributed by atoms with E-state index in [1.165, 1.54) is 7.11 Å². The number of amides is 1. The lowest BCUT2D eigenvalue weighted by Crippen LogP contribution is -2.30. The van der Waals surface area contributed by atoms with Crippen LogP contribution in [0, 0.1) is 0 Å². The first-order valence-corrected chi connectivity index (χ1v) is 7.90. The second-order valence-electron chi connectivity index (χ2n) is 5.39. The van der Waals surface area contributed by atoms with Gasteiger partial charge in [0, 0.05) is 22.4 Å². The van der Waals surface area contributed by atoms with Crippen molar-refractivity contribution in [1.82, 2.24) is 5.32 Å². The number of nitrogens with one attached hydrogen (secondary N) is 1. The molecule has 0 atom stereocenters. The summed E-state index contributed by atoms with van der Waals surface area (Å²) in [5.41, 5.74) is 0.296. The molecule has 0 unspecified atom stereocenters. The molecule has 0 aliphatic carbocycles. The van der Waals surface area contributed by atoms with Crippen LogP contribution in [-0.2, 0) is 9.53 Å².